The molecule has 1 amide bonds. The summed E-state index contributed by atoms with van der Waals surface area (Å²) in [5, 5.41) is 9.11. The fourth-order valence-corrected chi connectivity index (χ4v) is 3.18. The summed E-state index contributed by atoms with van der Waals surface area (Å²) in [4.78, 5) is 21.8. The first kappa shape index (κ1) is 17.1. The molecule has 0 saturated carbocycles. The molecule has 0 radical (unpaired) electrons. The first-order chi connectivity index (χ1) is 9.67. The Bertz CT molecular complexity index is 655. The van der Waals surface area contributed by atoms with Gasteiger partial charge in [-0.3, -0.25) is 4.79 Å². The van der Waals surface area contributed by atoms with E-state index in [9.17, 15) is 18.0 Å². The third-order valence-electron chi connectivity index (χ3n) is 2.87. The van der Waals surface area contributed by atoms with Crippen molar-refractivity contribution in [2.45, 2.75) is 37.6 Å². The third-order valence-corrected chi connectivity index (χ3v) is 4.45. The number of benzene rings is 1. The molecule has 0 bridgehead atoms. The molecular weight excluding hydrogens is 296 g/mol. The number of hydrogen-bond acceptors (Lipinski definition) is 4. The molecule has 1 rings (SSSR count). The van der Waals surface area contributed by atoms with Crippen LogP contribution in [0.25, 0.3) is 0 Å². The lowest BCUT2D eigenvalue weighted by Gasteiger charge is -2.13. The summed E-state index contributed by atoms with van der Waals surface area (Å²) in [5.74, 6) is -1.81. The number of nitrogens with two attached hydrogens (primary N) is 1. The van der Waals surface area contributed by atoms with Gasteiger partial charge in [-0.1, -0.05) is 13.0 Å². The Hall–Kier alpha value is -1.93. The molecule has 0 heterocycles. The van der Waals surface area contributed by atoms with Crippen molar-refractivity contribution in [3.63, 3.8) is 0 Å². The van der Waals surface area contributed by atoms with Crippen molar-refractivity contribution in [3.05, 3.63) is 29.3 Å². The summed E-state index contributed by atoms with van der Waals surface area (Å²) in [6.45, 7) is 3.28. The topological polar surface area (TPSA) is 127 Å². The fourth-order valence-electron chi connectivity index (χ4n) is 1.91. The largest absolute Gasteiger partial charge is 0.478 e. The fraction of sp³-hybridized carbons (Fsp3) is 0.385. The predicted molar refractivity (Wildman–Crippen MR) is 76.4 cm³/mol. The second-order valence-electron chi connectivity index (χ2n) is 4.67. The van der Waals surface area contributed by atoms with Crippen molar-refractivity contribution >= 4 is 21.9 Å². The van der Waals surface area contributed by atoms with Gasteiger partial charge in [-0.2, -0.15) is 0 Å². The second kappa shape index (κ2) is 6.68. The van der Waals surface area contributed by atoms with Gasteiger partial charge in [0.25, 0.3) is 0 Å². The first-order valence-electron chi connectivity index (χ1n) is 6.34. The van der Waals surface area contributed by atoms with Crippen LogP contribution in [0, 0.1) is 0 Å². The van der Waals surface area contributed by atoms with E-state index >= 15 is 0 Å². The van der Waals surface area contributed by atoms with Crippen molar-refractivity contribution in [2.75, 3.05) is 0 Å². The van der Waals surface area contributed by atoms with E-state index in [2.05, 4.69) is 4.72 Å². The molecule has 1 atom stereocenters. The molecule has 1 aromatic carbocycles. The van der Waals surface area contributed by atoms with Crippen LogP contribution in [0.1, 0.15) is 36.2 Å². The van der Waals surface area contributed by atoms with Gasteiger partial charge in [0.15, 0.2) is 0 Å². The molecule has 21 heavy (non-hydrogen) atoms. The van der Waals surface area contributed by atoms with E-state index in [1.807, 2.05) is 0 Å². The maximum atomic E-state index is 12.1. The van der Waals surface area contributed by atoms with Crippen LogP contribution in [0.2, 0.25) is 0 Å². The second-order valence-corrected chi connectivity index (χ2v) is 6.38. The van der Waals surface area contributed by atoms with Crippen LogP contribution < -0.4 is 10.5 Å². The Morgan fingerprint density at radius 1 is 1.38 bits per heavy atom. The van der Waals surface area contributed by atoms with Crippen LogP contribution >= 0.6 is 0 Å². The number of sulfonamides is 1. The summed E-state index contributed by atoms with van der Waals surface area (Å²) in [7, 11) is -3.91. The van der Waals surface area contributed by atoms with Crippen LogP contribution in [-0.4, -0.2) is 31.4 Å². The van der Waals surface area contributed by atoms with Crippen molar-refractivity contribution in [1.82, 2.24) is 4.72 Å². The highest BCUT2D eigenvalue weighted by molar-refractivity contribution is 7.89. The van der Waals surface area contributed by atoms with Crippen LogP contribution in [0.5, 0.6) is 0 Å². The Labute approximate surface area is 123 Å². The molecule has 0 fully saturated rings. The summed E-state index contributed by atoms with van der Waals surface area (Å²) in [5.41, 5.74) is 5.50. The molecule has 116 valence electrons. The number of nitrogens with one attached hydrogen (secondary N) is 1. The molecule has 8 heteroatoms. The molecule has 0 saturated heterocycles. The SMILES string of the molecule is CCc1ccc(S(=O)(=O)NC(C)CC(N)=O)cc1C(=O)O. The number of aryl methyl sites for hydroxylation is 1. The maximum Gasteiger partial charge on any atom is 0.336 e. The van der Waals surface area contributed by atoms with E-state index in [0.29, 0.717) is 12.0 Å². The zero-order chi connectivity index (χ0) is 16.2. The standard InChI is InChI=1S/C13H18N2O5S/c1-3-9-4-5-10(7-11(9)13(17)18)21(19,20)15-8(2)6-12(14)16/h4-5,7-8,15H,3,6H2,1-2H3,(H2,14,16)(H,17,18). The van der Waals surface area contributed by atoms with Gasteiger partial charge in [0.1, 0.15) is 0 Å². The number of carbonyl (C=O) groups is 2. The van der Waals surface area contributed by atoms with Gasteiger partial charge in [0.05, 0.1) is 10.5 Å². The molecule has 0 aliphatic rings. The number of carboxylic acid groups (broad SMARTS) is 1. The molecule has 7 nitrogen and oxygen atoms in total. The van der Waals surface area contributed by atoms with Crippen molar-refractivity contribution < 1.29 is 23.1 Å². The molecular formula is C13H18N2O5S. The van der Waals surface area contributed by atoms with E-state index in [4.69, 9.17) is 10.8 Å². The molecule has 0 aliphatic carbocycles. The molecule has 1 unspecified atom stereocenters. The van der Waals surface area contributed by atoms with Crippen LogP contribution in [0.15, 0.2) is 23.1 Å². The van der Waals surface area contributed by atoms with E-state index in [1.165, 1.54) is 19.1 Å². The van der Waals surface area contributed by atoms with Gasteiger partial charge < -0.3 is 10.8 Å². The lowest BCUT2D eigenvalue weighted by molar-refractivity contribution is -0.118. The number of amides is 1. The third kappa shape index (κ3) is 4.54. The zero-order valence-electron chi connectivity index (χ0n) is 11.8. The summed E-state index contributed by atoms with van der Waals surface area (Å²) in [6.07, 6.45) is 0.339. The highest BCUT2D eigenvalue weighted by Crippen LogP contribution is 2.17. The van der Waals surface area contributed by atoms with Gasteiger partial charge in [-0.25, -0.2) is 17.9 Å². The predicted octanol–water partition coefficient (Wildman–Crippen LogP) is 0.489. The number of aromatic carboxylic acids is 1. The Kier molecular flexibility index (Phi) is 5.45. The lowest BCUT2D eigenvalue weighted by Crippen LogP contribution is -2.35. The minimum atomic E-state index is -3.91. The average Bonchev–Trinajstić information content (AvgIpc) is 2.35. The number of primary amides is 1. The average molecular weight is 314 g/mol. The molecule has 0 aliphatic heterocycles. The number of hydrogen-bond donors (Lipinski definition) is 3. The van der Waals surface area contributed by atoms with Gasteiger partial charge in [-0.15, -0.1) is 0 Å². The van der Waals surface area contributed by atoms with Crippen molar-refractivity contribution in [2.24, 2.45) is 5.73 Å². The summed E-state index contributed by atoms with van der Waals surface area (Å²) < 4.78 is 26.6. The highest BCUT2D eigenvalue weighted by atomic mass is 32.2. The highest BCUT2D eigenvalue weighted by Gasteiger charge is 2.21. The number of carbonyl (C=O) groups excluding carboxylic acids is 1. The Morgan fingerprint density at radius 2 is 2.00 bits per heavy atom. The zero-order valence-corrected chi connectivity index (χ0v) is 12.6. The van der Waals surface area contributed by atoms with Crippen LogP contribution in [-0.2, 0) is 21.2 Å². The smallest absolute Gasteiger partial charge is 0.336 e. The monoisotopic (exact) mass is 314 g/mol. The quantitative estimate of drug-likeness (QED) is 0.675. The summed E-state index contributed by atoms with van der Waals surface area (Å²) in [6, 6.07) is 3.24. The first-order valence-corrected chi connectivity index (χ1v) is 7.82. The van der Waals surface area contributed by atoms with Gasteiger partial charge in [0, 0.05) is 12.5 Å². The molecule has 0 aromatic heterocycles. The summed E-state index contributed by atoms with van der Waals surface area (Å²) >= 11 is 0. The minimum Gasteiger partial charge on any atom is -0.478 e. The Balaban J connectivity index is 3.12. The van der Waals surface area contributed by atoms with Gasteiger partial charge in [0.2, 0.25) is 15.9 Å². The van der Waals surface area contributed by atoms with Crippen molar-refractivity contribution in [1.29, 1.82) is 0 Å². The van der Waals surface area contributed by atoms with Crippen molar-refractivity contribution in [3.8, 4) is 0 Å². The number of rotatable bonds is 7. The van der Waals surface area contributed by atoms with E-state index in [0.717, 1.165) is 6.07 Å². The Morgan fingerprint density at radius 3 is 2.48 bits per heavy atom. The molecule has 0 spiro atoms. The number of carboxylic acids is 1. The van der Waals surface area contributed by atoms with E-state index < -0.39 is 27.9 Å². The van der Waals surface area contributed by atoms with Gasteiger partial charge in [-0.05, 0) is 31.0 Å². The van der Waals surface area contributed by atoms with Gasteiger partial charge >= 0.3 is 5.97 Å². The molecule has 1 aromatic rings. The van der Waals surface area contributed by atoms with Crippen LogP contribution in [0.3, 0.4) is 0 Å². The van der Waals surface area contributed by atoms with Crippen LogP contribution in [0.4, 0.5) is 0 Å². The van der Waals surface area contributed by atoms with E-state index in [-0.39, 0.29) is 16.9 Å². The van der Waals surface area contributed by atoms with E-state index in [1.54, 1.807) is 6.92 Å². The molecule has 4 N–H and O–H groups in total. The minimum absolute atomic E-state index is 0.0528. The normalized spacial score (nSPS) is 12.9. The maximum absolute atomic E-state index is 12.1. The lowest BCUT2D eigenvalue weighted by atomic mass is 10.1.